The van der Waals surface area contributed by atoms with Gasteiger partial charge in [0.05, 0.1) is 12.7 Å². The van der Waals surface area contributed by atoms with Gasteiger partial charge < -0.3 is 25.1 Å². The lowest BCUT2D eigenvalue weighted by Gasteiger charge is -2.19. The molecule has 0 spiro atoms. The molecule has 1 unspecified atom stereocenters. The summed E-state index contributed by atoms with van der Waals surface area (Å²) >= 11 is 0. The number of hydrogen-bond donors (Lipinski definition) is 2. The highest BCUT2D eigenvalue weighted by Gasteiger charge is 2.20. The second-order valence-electron chi connectivity index (χ2n) is 3.45. The Morgan fingerprint density at radius 3 is 2.94 bits per heavy atom. The predicted octanol–water partition coefficient (Wildman–Crippen LogP) is -0.103. The topological polar surface area (TPSA) is 111 Å². The summed E-state index contributed by atoms with van der Waals surface area (Å²) in [5.41, 5.74) is 0. The van der Waals surface area contributed by atoms with Gasteiger partial charge >= 0.3 is 5.95 Å². The fourth-order valence-electron chi connectivity index (χ4n) is 1.30. The predicted molar refractivity (Wildman–Crippen MR) is 57.1 cm³/mol. The Labute approximate surface area is 97.6 Å². The van der Waals surface area contributed by atoms with Gasteiger partial charge in [0.25, 0.3) is 0 Å². The van der Waals surface area contributed by atoms with Crippen LogP contribution in [0.2, 0.25) is 0 Å². The maximum atomic E-state index is 10.6. The van der Waals surface area contributed by atoms with Crippen LogP contribution in [0.5, 0.6) is 0 Å². The van der Waals surface area contributed by atoms with E-state index in [2.05, 4.69) is 4.98 Å². The first kappa shape index (κ1) is 13.6. The van der Waals surface area contributed by atoms with Crippen molar-refractivity contribution in [2.75, 3.05) is 6.61 Å². The van der Waals surface area contributed by atoms with E-state index in [0.717, 1.165) is 0 Å². The molecule has 0 aliphatic heterocycles. The van der Waals surface area contributed by atoms with Crippen molar-refractivity contribution in [3.05, 3.63) is 22.5 Å². The van der Waals surface area contributed by atoms with Crippen LogP contribution in [0, 0.1) is 10.1 Å². The molecule has 0 aliphatic carbocycles. The summed E-state index contributed by atoms with van der Waals surface area (Å²) in [4.78, 5) is 13.5. The van der Waals surface area contributed by atoms with Crippen LogP contribution in [0.15, 0.2) is 12.4 Å². The van der Waals surface area contributed by atoms with E-state index in [4.69, 9.17) is 9.84 Å². The molecule has 0 saturated carbocycles. The monoisotopic (exact) mass is 245 g/mol. The Kier molecular flexibility index (Phi) is 5.01. The molecule has 1 aromatic heterocycles. The molecule has 0 radical (unpaired) electrons. The lowest BCUT2D eigenvalue weighted by atomic mass is 10.2. The van der Waals surface area contributed by atoms with Gasteiger partial charge in [0.15, 0.2) is 6.73 Å². The normalized spacial score (nSPS) is 14.5. The van der Waals surface area contributed by atoms with Crippen molar-refractivity contribution in [3.63, 3.8) is 0 Å². The number of ether oxygens (including phenoxy) is 1. The Balaban J connectivity index is 2.59. The summed E-state index contributed by atoms with van der Waals surface area (Å²) in [6.45, 7) is 1.26. The van der Waals surface area contributed by atoms with Crippen molar-refractivity contribution < 1.29 is 19.9 Å². The molecule has 0 fully saturated rings. The number of rotatable bonds is 7. The molecule has 1 aromatic rings. The molecule has 0 aromatic carbocycles. The van der Waals surface area contributed by atoms with Crippen LogP contribution >= 0.6 is 0 Å². The molecule has 8 heteroatoms. The van der Waals surface area contributed by atoms with Crippen molar-refractivity contribution in [2.45, 2.75) is 32.3 Å². The van der Waals surface area contributed by atoms with Crippen LogP contribution in [-0.2, 0) is 11.5 Å². The molecule has 17 heavy (non-hydrogen) atoms. The lowest BCUT2D eigenvalue weighted by molar-refractivity contribution is -0.397. The first-order valence-electron chi connectivity index (χ1n) is 5.16. The summed E-state index contributed by atoms with van der Waals surface area (Å²) in [6.07, 6.45) is 1.54. The van der Waals surface area contributed by atoms with Crippen LogP contribution in [0.3, 0.4) is 0 Å². The molecule has 96 valence electrons. The third kappa shape index (κ3) is 3.48. The highest BCUT2D eigenvalue weighted by molar-refractivity contribution is 5.05. The second-order valence-corrected chi connectivity index (χ2v) is 3.45. The van der Waals surface area contributed by atoms with Crippen LogP contribution in [0.1, 0.15) is 13.3 Å². The second kappa shape index (κ2) is 6.28. The summed E-state index contributed by atoms with van der Waals surface area (Å²) in [5.74, 6) is -0.340. The maximum Gasteiger partial charge on any atom is 0.436 e. The van der Waals surface area contributed by atoms with Crippen molar-refractivity contribution >= 4 is 5.95 Å². The largest absolute Gasteiger partial charge is 0.436 e. The average Bonchev–Trinajstić information content (AvgIpc) is 2.77. The molecule has 1 rings (SSSR count). The van der Waals surface area contributed by atoms with Crippen molar-refractivity contribution in [2.24, 2.45) is 0 Å². The Morgan fingerprint density at radius 2 is 2.41 bits per heavy atom. The van der Waals surface area contributed by atoms with Gasteiger partial charge in [0.2, 0.25) is 0 Å². The van der Waals surface area contributed by atoms with Gasteiger partial charge in [0.1, 0.15) is 18.5 Å². The van der Waals surface area contributed by atoms with Crippen LogP contribution in [0.4, 0.5) is 5.95 Å². The Bertz CT molecular complexity index is 367. The van der Waals surface area contributed by atoms with Gasteiger partial charge in [-0.3, -0.25) is 0 Å². The molecule has 0 saturated heterocycles. The first-order valence-corrected chi connectivity index (χ1v) is 5.16. The number of aliphatic hydroxyl groups excluding tert-OH is 2. The molecule has 0 aliphatic rings. The molecule has 2 N–H and O–H groups in total. The van der Waals surface area contributed by atoms with E-state index in [1.165, 1.54) is 17.0 Å². The number of hydrogen-bond acceptors (Lipinski definition) is 6. The summed E-state index contributed by atoms with van der Waals surface area (Å²) in [5, 5.41) is 29.0. The fraction of sp³-hybridized carbons (Fsp3) is 0.667. The smallest absolute Gasteiger partial charge is 0.394 e. The number of nitrogens with zero attached hydrogens (tertiary/aromatic N) is 3. The summed E-state index contributed by atoms with van der Waals surface area (Å²) in [7, 11) is 0. The Morgan fingerprint density at radius 1 is 1.71 bits per heavy atom. The Hall–Kier alpha value is -1.51. The number of aromatic nitrogens is 2. The van der Waals surface area contributed by atoms with Gasteiger partial charge in [-0.2, -0.15) is 0 Å². The minimum atomic E-state index is -0.803. The number of imidazole rings is 1. The summed E-state index contributed by atoms with van der Waals surface area (Å²) < 4.78 is 6.38. The lowest BCUT2D eigenvalue weighted by Crippen LogP contribution is -2.32. The molecule has 0 bridgehead atoms. The summed E-state index contributed by atoms with van der Waals surface area (Å²) in [6, 6.07) is 0. The molecule has 8 nitrogen and oxygen atoms in total. The van der Waals surface area contributed by atoms with E-state index < -0.39 is 17.1 Å². The van der Waals surface area contributed by atoms with Crippen LogP contribution in [-0.4, -0.2) is 43.5 Å². The quantitative estimate of drug-likeness (QED) is 0.512. The molecular weight excluding hydrogens is 230 g/mol. The molecule has 1 heterocycles. The highest BCUT2D eigenvalue weighted by Crippen LogP contribution is 2.10. The van der Waals surface area contributed by atoms with Crippen LogP contribution < -0.4 is 0 Å². The zero-order chi connectivity index (χ0) is 12.8. The minimum absolute atomic E-state index is 0.140. The van der Waals surface area contributed by atoms with E-state index >= 15 is 0 Å². The van der Waals surface area contributed by atoms with E-state index in [1.807, 2.05) is 0 Å². The van der Waals surface area contributed by atoms with E-state index in [0.29, 0.717) is 6.42 Å². The first-order chi connectivity index (χ1) is 8.10. The molecular formula is C9H15N3O5. The minimum Gasteiger partial charge on any atom is -0.394 e. The fourth-order valence-corrected chi connectivity index (χ4v) is 1.30. The van der Waals surface area contributed by atoms with Crippen molar-refractivity contribution in [3.8, 4) is 0 Å². The molecule has 2 atom stereocenters. The van der Waals surface area contributed by atoms with Gasteiger partial charge in [-0.25, -0.2) is 4.57 Å². The van der Waals surface area contributed by atoms with E-state index in [-0.39, 0.29) is 19.3 Å². The van der Waals surface area contributed by atoms with Crippen molar-refractivity contribution in [1.29, 1.82) is 0 Å². The SMILES string of the molecule is CC[C@H](O)C(CO)OCn1ccnc1[N+](=O)[O-]. The standard InChI is InChI=1S/C9H15N3O5/c1-2-7(14)8(5-13)17-6-11-4-3-10-9(11)12(15)16/h3-4,7-8,13-14H,2,5-6H2,1H3/t7-,8?/m0/s1. The van der Waals surface area contributed by atoms with E-state index in [9.17, 15) is 15.2 Å². The van der Waals surface area contributed by atoms with Gasteiger partial charge in [-0.1, -0.05) is 11.9 Å². The highest BCUT2D eigenvalue weighted by atomic mass is 16.6. The van der Waals surface area contributed by atoms with Crippen molar-refractivity contribution in [1.82, 2.24) is 9.55 Å². The third-order valence-electron chi connectivity index (χ3n) is 2.31. The molecule has 0 amide bonds. The maximum absolute atomic E-state index is 10.6. The average molecular weight is 245 g/mol. The van der Waals surface area contributed by atoms with Gasteiger partial charge in [-0.05, 0) is 11.3 Å². The zero-order valence-corrected chi connectivity index (χ0v) is 9.39. The van der Waals surface area contributed by atoms with Crippen LogP contribution in [0.25, 0.3) is 0 Å². The number of nitro groups is 1. The van der Waals surface area contributed by atoms with Gasteiger partial charge in [0, 0.05) is 0 Å². The third-order valence-corrected chi connectivity index (χ3v) is 2.31. The number of aliphatic hydroxyl groups is 2. The van der Waals surface area contributed by atoms with E-state index in [1.54, 1.807) is 6.92 Å². The van der Waals surface area contributed by atoms with Gasteiger partial charge in [-0.15, -0.1) is 0 Å². The zero-order valence-electron chi connectivity index (χ0n) is 9.39.